The second kappa shape index (κ2) is 11.4. The van der Waals surface area contributed by atoms with E-state index in [-0.39, 0.29) is 27.3 Å². The summed E-state index contributed by atoms with van der Waals surface area (Å²) in [6.07, 6.45) is 0.855. The lowest BCUT2D eigenvalue weighted by Gasteiger charge is -2.23. The second-order valence-electron chi connectivity index (χ2n) is 9.72. The van der Waals surface area contributed by atoms with Gasteiger partial charge in [0.2, 0.25) is 0 Å². The fourth-order valence-corrected chi connectivity index (χ4v) is 5.51. The van der Waals surface area contributed by atoms with Crippen LogP contribution in [-0.4, -0.2) is 41.5 Å². The maximum Gasteiger partial charge on any atom is 0.350 e. The minimum atomic E-state index is -0.946. The second-order valence-corrected chi connectivity index (χ2v) is 10.7. The van der Waals surface area contributed by atoms with Gasteiger partial charge in [-0.05, 0) is 61.1 Å². The van der Waals surface area contributed by atoms with Gasteiger partial charge in [-0.3, -0.25) is 14.5 Å². The number of nitrogens with zero attached hydrogens (tertiary/aromatic N) is 2. The molecule has 9 heteroatoms. The van der Waals surface area contributed by atoms with Crippen LogP contribution in [0.2, 0.25) is 0 Å². The van der Waals surface area contributed by atoms with E-state index in [2.05, 4.69) is 18.8 Å². The summed E-state index contributed by atoms with van der Waals surface area (Å²) < 4.78 is 10.6. The summed E-state index contributed by atoms with van der Waals surface area (Å²) in [6, 6.07) is 11.8. The highest BCUT2D eigenvalue weighted by Gasteiger charge is 2.48. The van der Waals surface area contributed by atoms with E-state index >= 15 is 0 Å². The molecule has 1 saturated heterocycles. The summed E-state index contributed by atoms with van der Waals surface area (Å²) in [5.74, 6) is -1.57. The number of thiazole rings is 1. The number of anilines is 1. The normalized spacial score (nSPS) is 16.7. The summed E-state index contributed by atoms with van der Waals surface area (Å²) in [7, 11) is 1.27. The van der Waals surface area contributed by atoms with E-state index in [1.807, 2.05) is 38.1 Å². The van der Waals surface area contributed by atoms with Crippen molar-refractivity contribution in [2.24, 2.45) is 0 Å². The molecule has 1 fully saturated rings. The number of esters is 1. The Morgan fingerprint density at radius 3 is 2.41 bits per heavy atom. The Hall–Kier alpha value is -3.98. The number of aryl methyl sites for hydroxylation is 2. The number of rotatable bonds is 8. The molecule has 1 N–H and O–H groups in total. The molecule has 1 unspecified atom stereocenters. The Morgan fingerprint density at radius 1 is 1.13 bits per heavy atom. The van der Waals surface area contributed by atoms with E-state index in [0.717, 1.165) is 28.9 Å². The Labute approximate surface area is 231 Å². The molecule has 2 heterocycles. The van der Waals surface area contributed by atoms with Crippen molar-refractivity contribution >= 4 is 39.9 Å². The number of hydrogen-bond acceptors (Lipinski definition) is 8. The average molecular weight is 549 g/mol. The van der Waals surface area contributed by atoms with E-state index in [1.54, 1.807) is 25.1 Å². The molecular weight excluding hydrogens is 516 g/mol. The number of Topliss-reactive ketones (excluding diaryl/α,β-unsaturated/α-hetero) is 1. The van der Waals surface area contributed by atoms with Gasteiger partial charge in [0.1, 0.15) is 16.4 Å². The van der Waals surface area contributed by atoms with E-state index in [0.29, 0.717) is 29.2 Å². The molecule has 2 aromatic carbocycles. The van der Waals surface area contributed by atoms with E-state index < -0.39 is 23.7 Å². The van der Waals surface area contributed by atoms with Crippen LogP contribution in [0.25, 0.3) is 5.76 Å². The topological polar surface area (TPSA) is 106 Å². The zero-order chi connectivity index (χ0) is 28.4. The average Bonchev–Trinajstić information content (AvgIpc) is 3.43. The van der Waals surface area contributed by atoms with Gasteiger partial charge in [0.15, 0.2) is 5.13 Å². The molecule has 0 spiro atoms. The SMILES string of the molecule is CCCOc1ccc(C(O)=C2C(=O)C(=O)N(c3nc(C)c(C(=O)OC)s3)C2c2ccc(C(C)C)cc2)cc1C. The molecule has 1 amide bonds. The molecule has 39 heavy (non-hydrogen) atoms. The van der Waals surface area contributed by atoms with Crippen molar-refractivity contribution in [3.63, 3.8) is 0 Å². The van der Waals surface area contributed by atoms with Crippen LogP contribution < -0.4 is 9.64 Å². The monoisotopic (exact) mass is 548 g/mol. The first-order valence-corrected chi connectivity index (χ1v) is 13.6. The lowest BCUT2D eigenvalue weighted by molar-refractivity contribution is -0.132. The molecule has 1 aromatic heterocycles. The molecule has 8 nitrogen and oxygen atoms in total. The van der Waals surface area contributed by atoms with Crippen LogP contribution >= 0.6 is 11.3 Å². The van der Waals surface area contributed by atoms with Gasteiger partial charge in [0.05, 0.1) is 31.0 Å². The predicted molar refractivity (Wildman–Crippen MR) is 150 cm³/mol. The number of aliphatic hydroxyl groups excluding tert-OH is 1. The van der Waals surface area contributed by atoms with Crippen molar-refractivity contribution in [3.8, 4) is 5.75 Å². The number of carbonyl (C=O) groups is 3. The van der Waals surface area contributed by atoms with Crippen molar-refractivity contribution in [2.45, 2.75) is 53.0 Å². The predicted octanol–water partition coefficient (Wildman–Crippen LogP) is 6.09. The molecule has 0 bridgehead atoms. The third-order valence-corrected chi connectivity index (χ3v) is 7.77. The Morgan fingerprint density at radius 2 is 1.82 bits per heavy atom. The van der Waals surface area contributed by atoms with Crippen LogP contribution in [-0.2, 0) is 14.3 Å². The minimum absolute atomic E-state index is 0.0496. The quantitative estimate of drug-likeness (QED) is 0.157. The molecule has 4 rings (SSSR count). The summed E-state index contributed by atoms with van der Waals surface area (Å²) >= 11 is 0.970. The molecule has 3 aromatic rings. The standard InChI is InChI=1S/C30H32N2O6S/c1-7-14-38-22-13-12-21(15-17(22)4)25(33)23-24(20-10-8-19(9-11-20)16(2)3)32(28(35)26(23)34)30-31-18(5)27(39-30)29(36)37-6/h8-13,15-16,24,33H,7,14H2,1-6H3. The number of benzene rings is 2. The van der Waals surface area contributed by atoms with Gasteiger partial charge in [-0.25, -0.2) is 9.78 Å². The third-order valence-electron chi connectivity index (χ3n) is 6.64. The van der Waals surface area contributed by atoms with Crippen molar-refractivity contribution < 1.29 is 29.0 Å². The van der Waals surface area contributed by atoms with E-state index in [9.17, 15) is 19.5 Å². The molecule has 0 radical (unpaired) electrons. The van der Waals surface area contributed by atoms with Crippen molar-refractivity contribution in [1.82, 2.24) is 4.98 Å². The summed E-state index contributed by atoms with van der Waals surface area (Å²) in [4.78, 5) is 45.2. The van der Waals surface area contributed by atoms with Crippen LogP contribution in [0.4, 0.5) is 5.13 Å². The maximum atomic E-state index is 13.5. The lowest BCUT2D eigenvalue weighted by atomic mass is 9.93. The highest BCUT2D eigenvalue weighted by Crippen LogP contribution is 2.44. The van der Waals surface area contributed by atoms with Crippen molar-refractivity contribution in [1.29, 1.82) is 0 Å². The largest absolute Gasteiger partial charge is 0.507 e. The molecular formula is C30H32N2O6S. The van der Waals surface area contributed by atoms with Gasteiger partial charge in [0, 0.05) is 5.56 Å². The number of ether oxygens (including phenoxy) is 2. The van der Waals surface area contributed by atoms with Crippen molar-refractivity contribution in [2.75, 3.05) is 18.6 Å². The third kappa shape index (κ3) is 5.31. The fourth-order valence-electron chi connectivity index (χ4n) is 4.50. The molecule has 0 aliphatic carbocycles. The minimum Gasteiger partial charge on any atom is -0.507 e. The fraction of sp³-hybridized carbons (Fsp3) is 0.333. The molecule has 0 saturated carbocycles. The van der Waals surface area contributed by atoms with Gasteiger partial charge in [-0.1, -0.05) is 56.4 Å². The van der Waals surface area contributed by atoms with Gasteiger partial charge in [-0.2, -0.15) is 0 Å². The number of hydrogen-bond donors (Lipinski definition) is 1. The maximum absolute atomic E-state index is 13.5. The van der Waals surface area contributed by atoms with Gasteiger partial charge in [0.25, 0.3) is 5.78 Å². The zero-order valence-corrected chi connectivity index (χ0v) is 23.7. The number of amides is 1. The number of ketones is 1. The Kier molecular flexibility index (Phi) is 8.20. The first-order chi connectivity index (χ1) is 18.6. The van der Waals surface area contributed by atoms with Crippen molar-refractivity contribution in [3.05, 3.63) is 80.9 Å². The summed E-state index contributed by atoms with van der Waals surface area (Å²) in [5, 5.41) is 11.6. The van der Waals surface area contributed by atoms with Crippen LogP contribution in [0.15, 0.2) is 48.0 Å². The van der Waals surface area contributed by atoms with Gasteiger partial charge >= 0.3 is 11.9 Å². The smallest absolute Gasteiger partial charge is 0.350 e. The van der Waals surface area contributed by atoms with E-state index in [1.165, 1.54) is 12.0 Å². The van der Waals surface area contributed by atoms with Crippen LogP contribution in [0.3, 0.4) is 0 Å². The number of carbonyl (C=O) groups excluding carboxylic acids is 3. The first kappa shape index (κ1) is 28.0. The number of aliphatic hydroxyl groups is 1. The highest BCUT2D eigenvalue weighted by molar-refractivity contribution is 7.17. The summed E-state index contributed by atoms with van der Waals surface area (Å²) in [6.45, 7) is 10.2. The molecule has 1 aliphatic heterocycles. The van der Waals surface area contributed by atoms with E-state index in [4.69, 9.17) is 9.47 Å². The van der Waals surface area contributed by atoms with Gasteiger partial charge in [-0.15, -0.1) is 0 Å². The Balaban J connectivity index is 1.89. The van der Waals surface area contributed by atoms with Gasteiger partial charge < -0.3 is 14.6 Å². The molecule has 1 atom stereocenters. The molecule has 204 valence electrons. The molecule has 1 aliphatic rings. The van der Waals surface area contributed by atoms with Crippen LogP contribution in [0.1, 0.15) is 76.8 Å². The van der Waals surface area contributed by atoms with Crippen LogP contribution in [0, 0.1) is 13.8 Å². The first-order valence-electron chi connectivity index (χ1n) is 12.8. The van der Waals surface area contributed by atoms with Crippen LogP contribution in [0.5, 0.6) is 5.75 Å². The summed E-state index contributed by atoms with van der Waals surface area (Å²) in [5.41, 5.74) is 3.24. The highest BCUT2D eigenvalue weighted by atomic mass is 32.1. The zero-order valence-electron chi connectivity index (χ0n) is 22.9. The Bertz CT molecular complexity index is 1450. The number of methoxy groups -OCH3 is 1. The lowest BCUT2D eigenvalue weighted by Crippen LogP contribution is -2.29. The number of aromatic nitrogens is 1.